The maximum Gasteiger partial charge on any atom is 0.251 e. The summed E-state index contributed by atoms with van der Waals surface area (Å²) in [5, 5.41) is 2.86. The van der Waals surface area contributed by atoms with Crippen LogP contribution in [0.2, 0.25) is 0 Å². The van der Waals surface area contributed by atoms with Gasteiger partial charge in [0.1, 0.15) is 12.4 Å². The average molecular weight is 527 g/mol. The first-order valence-electron chi connectivity index (χ1n) is 11.7. The Morgan fingerprint density at radius 2 is 1.67 bits per heavy atom. The molecule has 0 bridgehead atoms. The number of ether oxygens (including phenoxy) is 1. The molecule has 0 unspecified atom stereocenters. The Kier molecular flexibility index (Phi) is 9.08. The molecule has 0 aliphatic carbocycles. The number of sulfonamides is 1. The summed E-state index contributed by atoms with van der Waals surface area (Å²) < 4.78 is 32.0. The molecule has 0 aromatic heterocycles. The smallest absolute Gasteiger partial charge is 0.251 e. The highest BCUT2D eigenvalue weighted by Crippen LogP contribution is 2.26. The van der Waals surface area contributed by atoms with Crippen LogP contribution in [0.1, 0.15) is 42.3 Å². The van der Waals surface area contributed by atoms with E-state index in [0.717, 1.165) is 16.2 Å². The van der Waals surface area contributed by atoms with Gasteiger partial charge in [-0.05, 0) is 65.3 Å². The molecule has 0 aliphatic rings. The Balaban J connectivity index is 1.55. The molecule has 3 rings (SSSR count). The number of rotatable bonds is 10. The lowest BCUT2D eigenvalue weighted by Gasteiger charge is -2.23. The summed E-state index contributed by atoms with van der Waals surface area (Å²) in [5.74, 6) is 0.556. The summed E-state index contributed by atoms with van der Waals surface area (Å²) in [6, 6.07) is 22.4. The summed E-state index contributed by atoms with van der Waals surface area (Å²) in [6.45, 7) is 7.40. The molecular weight excluding hydrogens is 492 g/mol. The molecule has 1 N–H and O–H groups in total. The second-order valence-corrected chi connectivity index (χ2v) is 12.3. The highest BCUT2D eigenvalue weighted by molar-refractivity contribution is 7.98. The van der Waals surface area contributed by atoms with E-state index in [-0.39, 0.29) is 17.9 Å². The standard InChI is InChI=1S/C28H34N2O4S2/c1-28(2,3)23-13-15-25(16-14-23)34-18-17-29-27(31)22-11-9-21(10-12-22)20-30(36(5,32)33)24-7-6-8-26(19-24)35-4/h6-16,19H,17-18,20H2,1-5H3,(H,29,31). The maximum atomic E-state index is 12.5. The molecule has 0 spiro atoms. The summed E-state index contributed by atoms with van der Waals surface area (Å²) >= 11 is 1.56. The van der Waals surface area contributed by atoms with Gasteiger partial charge in [-0.3, -0.25) is 9.10 Å². The van der Waals surface area contributed by atoms with Gasteiger partial charge in [0, 0.05) is 10.5 Å². The molecule has 6 nitrogen and oxygen atoms in total. The Hall–Kier alpha value is -2.97. The predicted octanol–water partition coefficient (Wildman–Crippen LogP) is 5.48. The predicted molar refractivity (Wildman–Crippen MR) is 149 cm³/mol. The number of carbonyl (C=O) groups is 1. The number of anilines is 1. The van der Waals surface area contributed by atoms with Crippen LogP contribution in [0.25, 0.3) is 0 Å². The number of carbonyl (C=O) groups excluding carboxylic acids is 1. The van der Waals surface area contributed by atoms with E-state index >= 15 is 0 Å². The van der Waals surface area contributed by atoms with Crippen molar-refractivity contribution in [2.24, 2.45) is 0 Å². The van der Waals surface area contributed by atoms with Crippen molar-refractivity contribution in [3.63, 3.8) is 0 Å². The van der Waals surface area contributed by atoms with Gasteiger partial charge >= 0.3 is 0 Å². The lowest BCUT2D eigenvalue weighted by Crippen LogP contribution is -2.29. The van der Waals surface area contributed by atoms with Crippen molar-refractivity contribution in [1.29, 1.82) is 0 Å². The molecule has 3 aromatic rings. The van der Waals surface area contributed by atoms with Crippen molar-refractivity contribution < 1.29 is 17.9 Å². The first-order valence-corrected chi connectivity index (χ1v) is 14.8. The monoisotopic (exact) mass is 526 g/mol. The van der Waals surface area contributed by atoms with Crippen LogP contribution in [-0.2, 0) is 22.0 Å². The Labute approximate surface area is 219 Å². The van der Waals surface area contributed by atoms with Crippen LogP contribution in [0, 0.1) is 0 Å². The number of thioether (sulfide) groups is 1. The fourth-order valence-electron chi connectivity index (χ4n) is 3.58. The number of amides is 1. The van der Waals surface area contributed by atoms with Crippen LogP contribution < -0.4 is 14.4 Å². The van der Waals surface area contributed by atoms with Gasteiger partial charge in [0.2, 0.25) is 10.0 Å². The van der Waals surface area contributed by atoms with E-state index in [1.807, 2.05) is 36.6 Å². The van der Waals surface area contributed by atoms with Gasteiger partial charge in [0.15, 0.2) is 0 Å². The second-order valence-electron chi connectivity index (χ2n) is 9.55. The number of benzene rings is 3. The number of hydrogen-bond acceptors (Lipinski definition) is 5. The largest absolute Gasteiger partial charge is 0.492 e. The third-order valence-electron chi connectivity index (χ3n) is 5.66. The summed E-state index contributed by atoms with van der Waals surface area (Å²) in [6.07, 6.45) is 3.14. The maximum absolute atomic E-state index is 12.5. The summed E-state index contributed by atoms with van der Waals surface area (Å²) in [4.78, 5) is 13.5. The van der Waals surface area contributed by atoms with E-state index in [2.05, 4.69) is 38.2 Å². The van der Waals surface area contributed by atoms with Crippen LogP contribution in [0.4, 0.5) is 5.69 Å². The number of hydrogen-bond donors (Lipinski definition) is 1. The van der Waals surface area contributed by atoms with Crippen molar-refractivity contribution in [2.45, 2.75) is 37.6 Å². The van der Waals surface area contributed by atoms with Gasteiger partial charge < -0.3 is 10.1 Å². The zero-order chi connectivity index (χ0) is 26.3. The van der Waals surface area contributed by atoms with Crippen molar-refractivity contribution in [3.05, 3.63) is 89.5 Å². The van der Waals surface area contributed by atoms with Crippen LogP contribution in [-0.4, -0.2) is 40.0 Å². The van der Waals surface area contributed by atoms with Crippen molar-refractivity contribution in [2.75, 3.05) is 30.0 Å². The van der Waals surface area contributed by atoms with Crippen LogP contribution in [0.5, 0.6) is 5.75 Å². The van der Waals surface area contributed by atoms with Gasteiger partial charge in [-0.15, -0.1) is 11.8 Å². The average Bonchev–Trinajstić information content (AvgIpc) is 2.84. The zero-order valence-corrected chi connectivity index (χ0v) is 23.1. The van der Waals surface area contributed by atoms with Crippen molar-refractivity contribution in [3.8, 4) is 5.75 Å². The van der Waals surface area contributed by atoms with E-state index in [0.29, 0.717) is 24.4 Å². The molecular formula is C28H34N2O4S2. The minimum absolute atomic E-state index is 0.0877. The molecule has 3 aromatic carbocycles. The van der Waals surface area contributed by atoms with Crippen LogP contribution in [0.3, 0.4) is 0 Å². The molecule has 192 valence electrons. The Morgan fingerprint density at radius 3 is 2.25 bits per heavy atom. The Morgan fingerprint density at radius 1 is 1.00 bits per heavy atom. The van der Waals surface area contributed by atoms with Crippen molar-refractivity contribution in [1.82, 2.24) is 5.32 Å². The van der Waals surface area contributed by atoms with E-state index < -0.39 is 10.0 Å². The summed E-state index contributed by atoms with van der Waals surface area (Å²) in [5.41, 5.74) is 3.22. The van der Waals surface area contributed by atoms with Crippen molar-refractivity contribution >= 4 is 33.4 Å². The van der Waals surface area contributed by atoms with Gasteiger partial charge in [-0.2, -0.15) is 0 Å². The normalized spacial score (nSPS) is 11.7. The topological polar surface area (TPSA) is 75.7 Å². The second kappa shape index (κ2) is 11.8. The van der Waals surface area contributed by atoms with Gasteiger partial charge in [0.25, 0.3) is 5.91 Å². The fourth-order valence-corrected chi connectivity index (χ4v) is 4.91. The van der Waals surface area contributed by atoms with E-state index in [4.69, 9.17) is 4.74 Å². The van der Waals surface area contributed by atoms with Crippen LogP contribution in [0.15, 0.2) is 77.7 Å². The lowest BCUT2D eigenvalue weighted by atomic mass is 9.87. The molecule has 0 saturated heterocycles. The molecule has 1 amide bonds. The molecule has 0 fully saturated rings. The minimum atomic E-state index is -3.48. The minimum Gasteiger partial charge on any atom is -0.492 e. The first kappa shape index (κ1) is 27.6. The summed E-state index contributed by atoms with van der Waals surface area (Å²) in [7, 11) is -3.48. The van der Waals surface area contributed by atoms with E-state index in [9.17, 15) is 13.2 Å². The molecule has 0 aliphatic heterocycles. The molecule has 0 saturated carbocycles. The highest BCUT2D eigenvalue weighted by atomic mass is 32.2. The number of nitrogens with zero attached hydrogens (tertiary/aromatic N) is 1. The van der Waals surface area contributed by atoms with E-state index in [1.54, 1.807) is 42.1 Å². The van der Waals surface area contributed by atoms with Gasteiger partial charge in [0.05, 0.1) is 25.0 Å². The molecule has 36 heavy (non-hydrogen) atoms. The lowest BCUT2D eigenvalue weighted by molar-refractivity contribution is 0.0947. The molecule has 0 heterocycles. The quantitative estimate of drug-likeness (QED) is 0.280. The Bertz CT molecular complexity index is 1270. The van der Waals surface area contributed by atoms with E-state index in [1.165, 1.54) is 16.1 Å². The van der Waals surface area contributed by atoms with Gasteiger partial charge in [-0.1, -0.05) is 51.1 Å². The van der Waals surface area contributed by atoms with Crippen LogP contribution >= 0.6 is 11.8 Å². The third-order valence-corrected chi connectivity index (χ3v) is 7.53. The zero-order valence-electron chi connectivity index (χ0n) is 21.4. The molecule has 8 heteroatoms. The molecule has 0 radical (unpaired) electrons. The third kappa shape index (κ3) is 7.77. The molecule has 0 atom stereocenters. The first-order chi connectivity index (χ1) is 17.0. The van der Waals surface area contributed by atoms with Gasteiger partial charge in [-0.25, -0.2) is 8.42 Å². The number of nitrogens with one attached hydrogen (secondary N) is 1. The SMILES string of the molecule is CSc1cccc(N(Cc2ccc(C(=O)NCCOc3ccc(C(C)(C)C)cc3)cc2)S(C)(=O)=O)c1. The highest BCUT2D eigenvalue weighted by Gasteiger charge is 2.18. The fraction of sp³-hybridized carbons (Fsp3) is 0.321.